The molecular formula is C21H15FN4O2S. The lowest BCUT2D eigenvalue weighted by molar-refractivity contribution is -0.113. The first kappa shape index (κ1) is 18.8. The van der Waals surface area contributed by atoms with Crippen molar-refractivity contribution in [3.63, 3.8) is 0 Å². The minimum absolute atomic E-state index is 0.0497. The van der Waals surface area contributed by atoms with E-state index in [1.54, 1.807) is 42.6 Å². The number of pyridine rings is 1. The van der Waals surface area contributed by atoms with Gasteiger partial charge in [-0.15, -0.1) is 0 Å². The van der Waals surface area contributed by atoms with Crippen LogP contribution in [0, 0.1) is 5.82 Å². The minimum Gasteiger partial charge on any atom is -0.323 e. The van der Waals surface area contributed by atoms with E-state index in [-0.39, 0.29) is 17.0 Å². The highest BCUT2D eigenvalue weighted by Gasteiger charge is 2.15. The second-order valence-electron chi connectivity index (χ2n) is 6.06. The van der Waals surface area contributed by atoms with Gasteiger partial charge >= 0.3 is 0 Å². The summed E-state index contributed by atoms with van der Waals surface area (Å²) < 4.78 is 15.2. The summed E-state index contributed by atoms with van der Waals surface area (Å²) in [5.74, 6) is -0.971. The molecule has 2 aromatic heterocycles. The number of carbonyl (C=O) groups is 1. The zero-order chi connectivity index (χ0) is 20.2. The molecule has 4 aromatic rings. The number of anilines is 1. The first-order valence-corrected chi connectivity index (χ1v) is 9.72. The van der Waals surface area contributed by atoms with Crippen LogP contribution < -0.4 is 10.9 Å². The average molecular weight is 406 g/mol. The van der Waals surface area contributed by atoms with Gasteiger partial charge in [0.05, 0.1) is 22.5 Å². The third-order valence-corrected chi connectivity index (χ3v) is 5.05. The van der Waals surface area contributed by atoms with E-state index in [4.69, 9.17) is 0 Å². The lowest BCUT2D eigenvalue weighted by Gasteiger charge is -2.13. The van der Waals surface area contributed by atoms with Gasteiger partial charge in [-0.25, -0.2) is 14.4 Å². The number of aromatic nitrogens is 3. The van der Waals surface area contributed by atoms with Crippen molar-refractivity contribution in [1.82, 2.24) is 14.5 Å². The fourth-order valence-electron chi connectivity index (χ4n) is 2.78. The van der Waals surface area contributed by atoms with Gasteiger partial charge in [-0.3, -0.25) is 14.2 Å². The highest BCUT2D eigenvalue weighted by atomic mass is 32.2. The summed E-state index contributed by atoms with van der Waals surface area (Å²) in [5, 5.41) is 3.24. The highest BCUT2D eigenvalue weighted by molar-refractivity contribution is 7.99. The van der Waals surface area contributed by atoms with Gasteiger partial charge in [0.25, 0.3) is 5.56 Å². The Balaban J connectivity index is 1.67. The molecule has 29 heavy (non-hydrogen) atoms. The van der Waals surface area contributed by atoms with Crippen LogP contribution in [0.1, 0.15) is 0 Å². The summed E-state index contributed by atoms with van der Waals surface area (Å²) >= 11 is 1.08. The molecule has 0 aliphatic rings. The molecule has 0 saturated heterocycles. The normalized spacial score (nSPS) is 10.8. The zero-order valence-corrected chi connectivity index (χ0v) is 15.9. The van der Waals surface area contributed by atoms with Gasteiger partial charge in [0.2, 0.25) is 5.91 Å². The van der Waals surface area contributed by atoms with Gasteiger partial charge in [0.1, 0.15) is 5.82 Å². The van der Waals surface area contributed by atoms with Crippen molar-refractivity contribution in [3.05, 3.63) is 89.1 Å². The Morgan fingerprint density at radius 1 is 1.03 bits per heavy atom. The van der Waals surface area contributed by atoms with E-state index < -0.39 is 11.7 Å². The number of thioether (sulfide) groups is 1. The molecular weight excluding hydrogens is 391 g/mol. The Bertz CT molecular complexity index is 1240. The van der Waals surface area contributed by atoms with Crippen LogP contribution in [0.4, 0.5) is 10.1 Å². The average Bonchev–Trinajstić information content (AvgIpc) is 2.75. The number of nitrogens with zero attached hydrogens (tertiary/aromatic N) is 3. The van der Waals surface area contributed by atoms with Crippen molar-refractivity contribution in [2.45, 2.75) is 5.16 Å². The Kier molecular flexibility index (Phi) is 5.35. The SMILES string of the molecule is O=C(CSc1nc2ncccc2c(=O)n1-c1ccccc1)Nc1ccccc1F. The molecule has 0 aliphatic heterocycles. The molecule has 0 unspecified atom stereocenters. The van der Waals surface area contributed by atoms with E-state index in [0.717, 1.165) is 11.8 Å². The first-order valence-electron chi connectivity index (χ1n) is 8.74. The van der Waals surface area contributed by atoms with Crippen molar-refractivity contribution in [1.29, 1.82) is 0 Å². The van der Waals surface area contributed by atoms with E-state index in [0.29, 0.717) is 21.9 Å². The Labute approximate surface area is 169 Å². The van der Waals surface area contributed by atoms with Crippen LogP contribution >= 0.6 is 11.8 Å². The Morgan fingerprint density at radius 3 is 2.59 bits per heavy atom. The van der Waals surface area contributed by atoms with Gasteiger partial charge in [-0.1, -0.05) is 42.1 Å². The van der Waals surface area contributed by atoms with E-state index in [2.05, 4.69) is 15.3 Å². The van der Waals surface area contributed by atoms with E-state index in [9.17, 15) is 14.0 Å². The molecule has 1 N–H and O–H groups in total. The van der Waals surface area contributed by atoms with Crippen molar-refractivity contribution >= 4 is 34.4 Å². The molecule has 0 atom stereocenters. The summed E-state index contributed by atoms with van der Waals surface area (Å²) in [6.45, 7) is 0. The summed E-state index contributed by atoms with van der Waals surface area (Å²) in [6.07, 6.45) is 1.56. The summed E-state index contributed by atoms with van der Waals surface area (Å²) in [6, 6.07) is 18.3. The molecule has 4 rings (SSSR count). The van der Waals surface area contributed by atoms with Crippen LogP contribution in [0.3, 0.4) is 0 Å². The van der Waals surface area contributed by atoms with Crippen molar-refractivity contribution in [2.75, 3.05) is 11.1 Å². The van der Waals surface area contributed by atoms with Crippen molar-refractivity contribution < 1.29 is 9.18 Å². The molecule has 0 aliphatic carbocycles. The van der Waals surface area contributed by atoms with Gasteiger partial charge in [0.15, 0.2) is 10.8 Å². The second kappa shape index (κ2) is 8.24. The number of benzene rings is 2. The Morgan fingerprint density at radius 2 is 1.79 bits per heavy atom. The number of hydrogen-bond donors (Lipinski definition) is 1. The third kappa shape index (κ3) is 4.02. The van der Waals surface area contributed by atoms with Crippen LogP contribution in [0.2, 0.25) is 0 Å². The number of nitrogens with one attached hydrogen (secondary N) is 1. The molecule has 144 valence electrons. The number of para-hydroxylation sites is 2. The summed E-state index contributed by atoms with van der Waals surface area (Å²) in [7, 11) is 0. The maximum absolute atomic E-state index is 13.7. The van der Waals surface area contributed by atoms with Gasteiger partial charge in [-0.2, -0.15) is 0 Å². The number of halogens is 1. The molecule has 0 saturated carbocycles. The fraction of sp³-hybridized carbons (Fsp3) is 0.0476. The quantitative estimate of drug-likeness (QED) is 0.404. The van der Waals surface area contributed by atoms with Crippen LogP contribution in [0.15, 0.2) is 82.9 Å². The molecule has 0 fully saturated rings. The number of carbonyl (C=O) groups excluding carboxylic acids is 1. The summed E-state index contributed by atoms with van der Waals surface area (Å²) in [4.78, 5) is 34.0. The molecule has 6 nitrogen and oxygen atoms in total. The number of amides is 1. The lowest BCUT2D eigenvalue weighted by Crippen LogP contribution is -2.23. The van der Waals surface area contributed by atoms with Gasteiger partial charge < -0.3 is 5.32 Å². The molecule has 0 spiro atoms. The van der Waals surface area contributed by atoms with Crippen molar-refractivity contribution in [2.24, 2.45) is 0 Å². The Hall–Kier alpha value is -3.52. The minimum atomic E-state index is -0.514. The molecule has 8 heteroatoms. The first-order chi connectivity index (χ1) is 14.1. The van der Waals surface area contributed by atoms with Crippen LogP contribution in [-0.2, 0) is 4.79 Å². The second-order valence-corrected chi connectivity index (χ2v) is 7.00. The molecule has 1 amide bonds. The maximum Gasteiger partial charge on any atom is 0.268 e. The molecule has 2 aromatic carbocycles. The molecule has 0 radical (unpaired) electrons. The zero-order valence-electron chi connectivity index (χ0n) is 15.1. The molecule has 2 heterocycles. The highest BCUT2D eigenvalue weighted by Crippen LogP contribution is 2.21. The topological polar surface area (TPSA) is 76.9 Å². The number of rotatable bonds is 5. The standard InChI is InChI=1S/C21H15FN4O2S/c22-16-10-4-5-11-17(16)24-18(27)13-29-21-25-19-15(9-6-12-23-19)20(28)26(21)14-7-2-1-3-8-14/h1-12H,13H2,(H,24,27). The summed E-state index contributed by atoms with van der Waals surface area (Å²) in [5.41, 5.74) is 0.771. The molecule has 0 bridgehead atoms. The fourth-order valence-corrected chi connectivity index (χ4v) is 3.58. The van der Waals surface area contributed by atoms with E-state index >= 15 is 0 Å². The van der Waals surface area contributed by atoms with Crippen LogP contribution in [0.25, 0.3) is 16.7 Å². The van der Waals surface area contributed by atoms with Gasteiger partial charge in [-0.05, 0) is 36.4 Å². The third-order valence-electron chi connectivity index (χ3n) is 4.11. The lowest BCUT2D eigenvalue weighted by atomic mass is 10.3. The largest absolute Gasteiger partial charge is 0.323 e. The predicted molar refractivity (Wildman–Crippen MR) is 111 cm³/mol. The predicted octanol–water partition coefficient (Wildman–Crippen LogP) is 3.65. The van der Waals surface area contributed by atoms with Crippen LogP contribution in [0.5, 0.6) is 0 Å². The number of hydrogen-bond acceptors (Lipinski definition) is 5. The number of fused-ring (bicyclic) bond motifs is 1. The van der Waals surface area contributed by atoms with Crippen molar-refractivity contribution in [3.8, 4) is 5.69 Å². The smallest absolute Gasteiger partial charge is 0.268 e. The van der Waals surface area contributed by atoms with Crippen LogP contribution in [-0.4, -0.2) is 26.2 Å². The monoisotopic (exact) mass is 406 g/mol. The van der Waals surface area contributed by atoms with E-state index in [1.165, 1.54) is 16.7 Å². The maximum atomic E-state index is 13.7. The van der Waals surface area contributed by atoms with E-state index in [1.807, 2.05) is 18.2 Å². The van der Waals surface area contributed by atoms with Gasteiger partial charge in [0, 0.05) is 6.20 Å².